The first-order chi connectivity index (χ1) is 9.56. The van der Waals surface area contributed by atoms with Crippen LogP contribution in [0.3, 0.4) is 0 Å². The molecule has 0 saturated carbocycles. The van der Waals surface area contributed by atoms with Gasteiger partial charge in [-0.1, -0.05) is 15.9 Å². The fourth-order valence-corrected chi connectivity index (χ4v) is 2.52. The van der Waals surface area contributed by atoms with Gasteiger partial charge in [0.2, 0.25) is 5.91 Å². The first-order valence-electron chi connectivity index (χ1n) is 6.30. The molecule has 1 aliphatic rings. The molecule has 0 aromatic heterocycles. The number of halogens is 3. The van der Waals surface area contributed by atoms with Gasteiger partial charge in [0.05, 0.1) is 6.04 Å². The van der Waals surface area contributed by atoms with E-state index < -0.39 is 6.61 Å². The Morgan fingerprint density at radius 2 is 2.35 bits per heavy atom. The number of nitrogens with one attached hydrogen (secondary N) is 2. The van der Waals surface area contributed by atoms with Gasteiger partial charge in [-0.15, -0.1) is 0 Å². The van der Waals surface area contributed by atoms with Crippen molar-refractivity contribution in [1.82, 2.24) is 10.6 Å². The SMILES string of the molecule is O=C(NCc1cc(Br)ccc1OC(F)F)C1CCCN1. The molecule has 7 heteroatoms. The van der Waals surface area contributed by atoms with Crippen LogP contribution in [0.5, 0.6) is 5.75 Å². The molecule has 1 aromatic rings. The van der Waals surface area contributed by atoms with Crippen LogP contribution in [0.2, 0.25) is 0 Å². The van der Waals surface area contributed by atoms with Crippen LogP contribution in [-0.4, -0.2) is 25.1 Å². The Labute approximate surface area is 124 Å². The third kappa shape index (κ3) is 4.14. The van der Waals surface area contributed by atoms with Crippen LogP contribution >= 0.6 is 15.9 Å². The summed E-state index contributed by atoms with van der Waals surface area (Å²) >= 11 is 3.27. The standard InChI is InChI=1S/C13H15BrF2N2O2/c14-9-3-4-11(20-13(15)16)8(6-9)7-18-12(19)10-2-1-5-17-10/h3-4,6,10,13,17H,1-2,5,7H2,(H,18,19). The molecule has 1 atom stereocenters. The van der Waals surface area contributed by atoms with Gasteiger partial charge in [0.15, 0.2) is 0 Å². The minimum Gasteiger partial charge on any atom is -0.434 e. The number of carbonyl (C=O) groups is 1. The summed E-state index contributed by atoms with van der Waals surface area (Å²) < 4.78 is 29.8. The number of carbonyl (C=O) groups excluding carboxylic acids is 1. The summed E-state index contributed by atoms with van der Waals surface area (Å²) in [5.74, 6) is -0.0478. The number of hydrogen-bond acceptors (Lipinski definition) is 3. The summed E-state index contributed by atoms with van der Waals surface area (Å²) in [6.45, 7) is -1.91. The van der Waals surface area contributed by atoms with Gasteiger partial charge in [-0.3, -0.25) is 4.79 Å². The smallest absolute Gasteiger partial charge is 0.387 e. The maximum Gasteiger partial charge on any atom is 0.387 e. The second kappa shape index (κ2) is 6.99. The fraction of sp³-hybridized carbons (Fsp3) is 0.462. The molecular formula is C13H15BrF2N2O2. The van der Waals surface area contributed by atoms with E-state index in [4.69, 9.17) is 0 Å². The predicted octanol–water partition coefficient (Wildman–Crippen LogP) is 2.42. The molecule has 1 aliphatic heterocycles. The number of rotatable bonds is 5. The molecule has 1 aromatic carbocycles. The molecule has 1 amide bonds. The van der Waals surface area contributed by atoms with Crippen molar-refractivity contribution in [3.63, 3.8) is 0 Å². The zero-order valence-electron chi connectivity index (χ0n) is 10.7. The molecule has 0 radical (unpaired) electrons. The Morgan fingerprint density at radius 3 is 3.00 bits per heavy atom. The van der Waals surface area contributed by atoms with Gasteiger partial charge in [0.1, 0.15) is 5.75 Å². The number of benzene rings is 1. The lowest BCUT2D eigenvalue weighted by Gasteiger charge is -2.14. The molecule has 0 bridgehead atoms. The van der Waals surface area contributed by atoms with Crippen LogP contribution in [0.4, 0.5) is 8.78 Å². The van der Waals surface area contributed by atoms with E-state index in [2.05, 4.69) is 31.3 Å². The normalized spacial score (nSPS) is 18.3. The molecule has 1 heterocycles. The number of ether oxygens (including phenoxy) is 1. The lowest BCUT2D eigenvalue weighted by molar-refractivity contribution is -0.122. The van der Waals surface area contributed by atoms with E-state index in [0.29, 0.717) is 5.56 Å². The summed E-state index contributed by atoms with van der Waals surface area (Å²) in [6.07, 6.45) is 1.76. The zero-order valence-corrected chi connectivity index (χ0v) is 12.3. The zero-order chi connectivity index (χ0) is 14.5. The number of amides is 1. The first kappa shape index (κ1) is 15.2. The van der Waals surface area contributed by atoms with Gasteiger partial charge in [-0.05, 0) is 37.6 Å². The van der Waals surface area contributed by atoms with Crippen LogP contribution in [0.1, 0.15) is 18.4 Å². The summed E-state index contributed by atoms with van der Waals surface area (Å²) in [6, 6.07) is 4.52. The molecule has 1 saturated heterocycles. The topological polar surface area (TPSA) is 50.4 Å². The quantitative estimate of drug-likeness (QED) is 0.859. The van der Waals surface area contributed by atoms with Crippen molar-refractivity contribution in [2.75, 3.05) is 6.54 Å². The van der Waals surface area contributed by atoms with Gasteiger partial charge in [-0.2, -0.15) is 8.78 Å². The van der Waals surface area contributed by atoms with Crippen molar-refractivity contribution in [3.8, 4) is 5.75 Å². The maximum atomic E-state index is 12.3. The highest BCUT2D eigenvalue weighted by Crippen LogP contribution is 2.24. The van der Waals surface area contributed by atoms with Crippen molar-refractivity contribution in [2.24, 2.45) is 0 Å². The molecule has 0 spiro atoms. The maximum absolute atomic E-state index is 12.3. The Bertz CT molecular complexity index is 479. The highest BCUT2D eigenvalue weighted by atomic mass is 79.9. The average molecular weight is 349 g/mol. The second-order valence-electron chi connectivity index (χ2n) is 4.50. The van der Waals surface area contributed by atoms with Crippen molar-refractivity contribution in [1.29, 1.82) is 0 Å². The molecule has 2 N–H and O–H groups in total. The van der Waals surface area contributed by atoms with Crippen molar-refractivity contribution < 1.29 is 18.3 Å². The van der Waals surface area contributed by atoms with E-state index in [0.717, 1.165) is 23.9 Å². The minimum absolute atomic E-state index is 0.0721. The third-order valence-electron chi connectivity index (χ3n) is 3.07. The minimum atomic E-state index is -2.89. The van der Waals surface area contributed by atoms with Crippen molar-refractivity contribution in [2.45, 2.75) is 32.0 Å². The van der Waals surface area contributed by atoms with E-state index >= 15 is 0 Å². The second-order valence-corrected chi connectivity index (χ2v) is 5.41. The molecular weight excluding hydrogens is 334 g/mol. The van der Waals surface area contributed by atoms with E-state index in [1.54, 1.807) is 12.1 Å². The number of hydrogen-bond donors (Lipinski definition) is 2. The first-order valence-corrected chi connectivity index (χ1v) is 7.10. The highest BCUT2D eigenvalue weighted by molar-refractivity contribution is 9.10. The molecule has 1 unspecified atom stereocenters. The Balaban J connectivity index is 2.00. The van der Waals surface area contributed by atoms with Crippen molar-refractivity contribution >= 4 is 21.8 Å². The van der Waals surface area contributed by atoms with Gasteiger partial charge < -0.3 is 15.4 Å². The van der Waals surface area contributed by atoms with Crippen LogP contribution in [0.25, 0.3) is 0 Å². The van der Waals surface area contributed by atoms with Gasteiger partial charge >= 0.3 is 6.61 Å². The van der Waals surface area contributed by atoms with Crippen LogP contribution in [0.15, 0.2) is 22.7 Å². The summed E-state index contributed by atoms with van der Waals surface area (Å²) in [4.78, 5) is 11.9. The Morgan fingerprint density at radius 1 is 1.55 bits per heavy atom. The molecule has 2 rings (SSSR count). The summed E-state index contributed by atoms with van der Waals surface area (Å²) in [5.41, 5.74) is 0.506. The average Bonchev–Trinajstić information content (AvgIpc) is 2.92. The van der Waals surface area contributed by atoms with Gasteiger partial charge in [-0.25, -0.2) is 0 Å². The molecule has 110 valence electrons. The molecule has 20 heavy (non-hydrogen) atoms. The van der Waals surface area contributed by atoms with Crippen LogP contribution < -0.4 is 15.4 Å². The summed E-state index contributed by atoms with van der Waals surface area (Å²) in [7, 11) is 0. The largest absolute Gasteiger partial charge is 0.434 e. The Hall–Kier alpha value is -1.21. The molecule has 0 aliphatic carbocycles. The van der Waals surface area contributed by atoms with Crippen LogP contribution in [-0.2, 0) is 11.3 Å². The highest BCUT2D eigenvalue weighted by Gasteiger charge is 2.22. The van der Waals surface area contributed by atoms with E-state index in [-0.39, 0.29) is 24.2 Å². The number of alkyl halides is 2. The fourth-order valence-electron chi connectivity index (χ4n) is 2.11. The van der Waals surface area contributed by atoms with Crippen molar-refractivity contribution in [3.05, 3.63) is 28.2 Å². The lowest BCUT2D eigenvalue weighted by Crippen LogP contribution is -2.40. The summed E-state index contributed by atoms with van der Waals surface area (Å²) in [5, 5.41) is 5.81. The molecule has 4 nitrogen and oxygen atoms in total. The Kier molecular flexibility index (Phi) is 5.31. The van der Waals surface area contributed by atoms with Crippen LogP contribution in [0, 0.1) is 0 Å². The van der Waals surface area contributed by atoms with E-state index in [9.17, 15) is 13.6 Å². The van der Waals surface area contributed by atoms with E-state index in [1.165, 1.54) is 6.07 Å². The monoisotopic (exact) mass is 348 g/mol. The lowest BCUT2D eigenvalue weighted by atomic mass is 10.2. The molecule has 1 fully saturated rings. The van der Waals surface area contributed by atoms with Gasteiger partial charge in [0, 0.05) is 16.6 Å². The van der Waals surface area contributed by atoms with E-state index in [1.807, 2.05) is 0 Å². The third-order valence-corrected chi connectivity index (χ3v) is 3.56. The predicted molar refractivity (Wildman–Crippen MR) is 73.6 cm³/mol. The van der Waals surface area contributed by atoms with Gasteiger partial charge in [0.25, 0.3) is 0 Å².